The van der Waals surface area contributed by atoms with Crippen molar-refractivity contribution in [3.63, 3.8) is 0 Å². The minimum Gasteiger partial charge on any atom is -0.480 e. The van der Waals surface area contributed by atoms with Crippen molar-refractivity contribution in [3.05, 3.63) is 0 Å². The fourth-order valence-electron chi connectivity index (χ4n) is 2.58. The van der Waals surface area contributed by atoms with Gasteiger partial charge >= 0.3 is 5.97 Å². The minimum absolute atomic E-state index is 0.137. The zero-order valence-electron chi connectivity index (χ0n) is 10.3. The molecule has 0 saturated heterocycles. The Balaban J connectivity index is 2.54. The average molecular weight is 229 g/mol. The summed E-state index contributed by atoms with van der Waals surface area (Å²) in [7, 11) is 1.66. The Bertz CT molecular complexity index is 220. The first-order chi connectivity index (χ1) is 7.65. The van der Waals surface area contributed by atoms with Crippen molar-refractivity contribution in [1.82, 2.24) is 4.90 Å². The lowest BCUT2D eigenvalue weighted by molar-refractivity contribution is -0.139. The minimum atomic E-state index is -0.742. The van der Waals surface area contributed by atoms with Gasteiger partial charge in [-0.05, 0) is 18.8 Å². The van der Waals surface area contributed by atoms with Gasteiger partial charge in [0.2, 0.25) is 0 Å². The lowest BCUT2D eigenvalue weighted by atomic mass is 9.85. The van der Waals surface area contributed by atoms with Crippen LogP contribution in [0.4, 0.5) is 0 Å². The fourth-order valence-corrected chi connectivity index (χ4v) is 2.58. The van der Waals surface area contributed by atoms with E-state index in [4.69, 9.17) is 9.84 Å². The van der Waals surface area contributed by atoms with Gasteiger partial charge in [-0.3, -0.25) is 9.69 Å². The lowest BCUT2D eigenvalue weighted by Gasteiger charge is -2.37. The van der Waals surface area contributed by atoms with Gasteiger partial charge in [0.1, 0.15) is 0 Å². The summed E-state index contributed by atoms with van der Waals surface area (Å²) in [6, 6.07) is 0.417. The molecule has 0 spiro atoms. The van der Waals surface area contributed by atoms with Crippen LogP contribution in [0.2, 0.25) is 0 Å². The first kappa shape index (κ1) is 13.5. The van der Waals surface area contributed by atoms with Crippen LogP contribution in [0.5, 0.6) is 0 Å². The summed E-state index contributed by atoms with van der Waals surface area (Å²) in [5, 5.41) is 8.92. The van der Waals surface area contributed by atoms with E-state index in [1.807, 2.05) is 0 Å². The van der Waals surface area contributed by atoms with Crippen LogP contribution >= 0.6 is 0 Å². The number of carboxylic acids is 1. The van der Waals surface area contributed by atoms with E-state index in [9.17, 15) is 4.79 Å². The fraction of sp³-hybridized carbons (Fsp3) is 0.917. The van der Waals surface area contributed by atoms with Crippen LogP contribution in [0.1, 0.15) is 32.6 Å². The van der Waals surface area contributed by atoms with Crippen molar-refractivity contribution >= 4 is 5.97 Å². The van der Waals surface area contributed by atoms with E-state index in [-0.39, 0.29) is 6.54 Å². The van der Waals surface area contributed by atoms with Crippen LogP contribution in [0, 0.1) is 5.92 Å². The highest BCUT2D eigenvalue weighted by Gasteiger charge is 2.27. The third kappa shape index (κ3) is 4.10. The van der Waals surface area contributed by atoms with E-state index in [0.717, 1.165) is 13.0 Å². The molecule has 1 N–H and O–H groups in total. The molecule has 1 fully saturated rings. The summed E-state index contributed by atoms with van der Waals surface area (Å²) >= 11 is 0. The molecule has 1 aliphatic carbocycles. The molecule has 0 radical (unpaired) electrons. The maximum atomic E-state index is 10.8. The first-order valence-corrected chi connectivity index (χ1v) is 6.10. The number of rotatable bonds is 6. The summed E-state index contributed by atoms with van der Waals surface area (Å²) in [5.41, 5.74) is 0. The van der Waals surface area contributed by atoms with E-state index in [2.05, 4.69) is 11.8 Å². The normalized spacial score (nSPS) is 25.9. The highest BCUT2D eigenvalue weighted by molar-refractivity contribution is 5.69. The van der Waals surface area contributed by atoms with Gasteiger partial charge in [-0.1, -0.05) is 19.8 Å². The molecule has 4 heteroatoms. The van der Waals surface area contributed by atoms with E-state index in [0.29, 0.717) is 18.6 Å². The number of ether oxygens (including phenoxy) is 1. The SMILES string of the molecule is COCCN(CC(=O)O)C1CCCCC1C. The van der Waals surface area contributed by atoms with E-state index in [1.54, 1.807) is 7.11 Å². The Labute approximate surface area is 97.6 Å². The van der Waals surface area contributed by atoms with Gasteiger partial charge in [0.15, 0.2) is 0 Å². The number of methoxy groups -OCH3 is 1. The molecule has 2 unspecified atom stereocenters. The van der Waals surface area contributed by atoms with Crippen LogP contribution in [0.3, 0.4) is 0 Å². The molecular formula is C12H23NO3. The van der Waals surface area contributed by atoms with Gasteiger partial charge in [0.05, 0.1) is 13.2 Å². The summed E-state index contributed by atoms with van der Waals surface area (Å²) in [5.74, 6) is -0.140. The van der Waals surface area contributed by atoms with Crippen LogP contribution in [0.25, 0.3) is 0 Å². The van der Waals surface area contributed by atoms with Crippen molar-refractivity contribution < 1.29 is 14.6 Å². The van der Waals surface area contributed by atoms with Gasteiger partial charge < -0.3 is 9.84 Å². The summed E-state index contributed by atoms with van der Waals surface area (Å²) < 4.78 is 5.05. The molecule has 0 aromatic rings. The number of carboxylic acid groups (broad SMARTS) is 1. The van der Waals surface area contributed by atoms with Gasteiger partial charge in [-0.15, -0.1) is 0 Å². The molecule has 1 saturated carbocycles. The molecule has 1 rings (SSSR count). The van der Waals surface area contributed by atoms with Crippen molar-refractivity contribution in [2.75, 3.05) is 26.8 Å². The van der Waals surface area contributed by atoms with Gasteiger partial charge in [0, 0.05) is 19.7 Å². The standard InChI is InChI=1S/C12H23NO3/c1-10-5-3-4-6-11(10)13(7-8-16-2)9-12(14)15/h10-11H,3-9H2,1-2H3,(H,14,15). The summed E-state index contributed by atoms with van der Waals surface area (Å²) in [6.07, 6.45) is 4.84. The average Bonchev–Trinajstić information content (AvgIpc) is 2.24. The molecule has 1 aliphatic rings. The smallest absolute Gasteiger partial charge is 0.317 e. The number of carbonyl (C=O) groups is 1. The topological polar surface area (TPSA) is 49.8 Å². The molecule has 0 heterocycles. The molecule has 2 atom stereocenters. The molecule has 4 nitrogen and oxygen atoms in total. The molecular weight excluding hydrogens is 206 g/mol. The Kier molecular flexibility index (Phi) is 5.77. The number of aliphatic carboxylic acids is 1. The Hall–Kier alpha value is -0.610. The second-order valence-corrected chi connectivity index (χ2v) is 4.69. The molecule has 0 aromatic carbocycles. The summed E-state index contributed by atoms with van der Waals surface area (Å²) in [6.45, 7) is 3.69. The predicted molar refractivity (Wildman–Crippen MR) is 62.5 cm³/mol. The van der Waals surface area contributed by atoms with Gasteiger partial charge in [0.25, 0.3) is 0 Å². The molecule has 0 bridgehead atoms. The first-order valence-electron chi connectivity index (χ1n) is 6.10. The van der Waals surface area contributed by atoms with E-state index < -0.39 is 5.97 Å². The molecule has 16 heavy (non-hydrogen) atoms. The Morgan fingerprint density at radius 3 is 2.69 bits per heavy atom. The van der Waals surface area contributed by atoms with E-state index >= 15 is 0 Å². The third-order valence-electron chi connectivity index (χ3n) is 3.46. The molecule has 94 valence electrons. The lowest BCUT2D eigenvalue weighted by Crippen LogP contribution is -2.45. The van der Waals surface area contributed by atoms with Crippen LogP contribution < -0.4 is 0 Å². The largest absolute Gasteiger partial charge is 0.480 e. The van der Waals surface area contributed by atoms with Crippen molar-refractivity contribution in [2.24, 2.45) is 5.92 Å². The third-order valence-corrected chi connectivity index (χ3v) is 3.46. The van der Waals surface area contributed by atoms with Crippen molar-refractivity contribution in [2.45, 2.75) is 38.6 Å². The Morgan fingerprint density at radius 2 is 2.12 bits per heavy atom. The zero-order chi connectivity index (χ0) is 12.0. The zero-order valence-corrected chi connectivity index (χ0v) is 10.3. The van der Waals surface area contributed by atoms with Crippen LogP contribution in [-0.4, -0.2) is 48.8 Å². The van der Waals surface area contributed by atoms with Gasteiger partial charge in [-0.2, -0.15) is 0 Å². The number of hydrogen-bond donors (Lipinski definition) is 1. The monoisotopic (exact) mass is 229 g/mol. The predicted octanol–water partition coefficient (Wildman–Crippen LogP) is 1.60. The van der Waals surface area contributed by atoms with Crippen molar-refractivity contribution in [3.8, 4) is 0 Å². The molecule has 0 amide bonds. The Morgan fingerprint density at radius 1 is 1.44 bits per heavy atom. The number of hydrogen-bond acceptors (Lipinski definition) is 3. The maximum absolute atomic E-state index is 10.8. The quantitative estimate of drug-likeness (QED) is 0.751. The van der Waals surface area contributed by atoms with Crippen LogP contribution in [0.15, 0.2) is 0 Å². The summed E-state index contributed by atoms with van der Waals surface area (Å²) in [4.78, 5) is 12.9. The second kappa shape index (κ2) is 6.86. The molecule has 0 aromatic heterocycles. The van der Waals surface area contributed by atoms with Crippen molar-refractivity contribution in [1.29, 1.82) is 0 Å². The highest BCUT2D eigenvalue weighted by Crippen LogP contribution is 2.27. The van der Waals surface area contributed by atoms with Gasteiger partial charge in [-0.25, -0.2) is 0 Å². The number of nitrogens with zero attached hydrogens (tertiary/aromatic N) is 1. The maximum Gasteiger partial charge on any atom is 0.317 e. The van der Waals surface area contributed by atoms with E-state index in [1.165, 1.54) is 19.3 Å². The van der Waals surface area contributed by atoms with Crippen LogP contribution in [-0.2, 0) is 9.53 Å². The second-order valence-electron chi connectivity index (χ2n) is 4.69. The highest BCUT2D eigenvalue weighted by atomic mass is 16.5. The molecule has 0 aliphatic heterocycles.